The topological polar surface area (TPSA) is 78.4 Å². The number of ether oxygens (including phenoxy) is 1. The first-order valence-electron chi connectivity index (χ1n) is 6.77. The zero-order valence-corrected chi connectivity index (χ0v) is 12.3. The monoisotopic (exact) mass is 298 g/mol. The summed E-state index contributed by atoms with van der Waals surface area (Å²) >= 11 is 5.90. The van der Waals surface area contributed by atoms with Crippen molar-refractivity contribution in [3.05, 3.63) is 32.8 Å². The van der Waals surface area contributed by atoms with Crippen LogP contribution in [0.3, 0.4) is 0 Å². The smallest absolute Gasteiger partial charge is 0.288 e. The standard InChI is InChI=1S/C14H19ClN2O3/c1-10-7-12(17(18)19)11(15)8-13(10)20-9-14(16)5-3-2-4-6-14/h7-8H,2-6,9,16H2,1H3. The van der Waals surface area contributed by atoms with Crippen LogP contribution in [0.5, 0.6) is 5.75 Å². The summed E-state index contributed by atoms with van der Waals surface area (Å²) in [6.07, 6.45) is 5.38. The van der Waals surface area contributed by atoms with Gasteiger partial charge < -0.3 is 10.5 Å². The van der Waals surface area contributed by atoms with Gasteiger partial charge in [0.2, 0.25) is 0 Å². The van der Waals surface area contributed by atoms with E-state index in [4.69, 9.17) is 22.1 Å². The molecule has 5 nitrogen and oxygen atoms in total. The Balaban J connectivity index is 2.10. The van der Waals surface area contributed by atoms with E-state index in [0.29, 0.717) is 17.9 Å². The van der Waals surface area contributed by atoms with E-state index in [9.17, 15) is 10.1 Å². The van der Waals surface area contributed by atoms with Crippen LogP contribution in [0.4, 0.5) is 5.69 Å². The summed E-state index contributed by atoms with van der Waals surface area (Å²) in [5.74, 6) is 0.566. The minimum Gasteiger partial charge on any atom is -0.491 e. The van der Waals surface area contributed by atoms with Crippen LogP contribution >= 0.6 is 11.6 Å². The predicted octanol–water partition coefficient (Wildman–Crippen LogP) is 3.60. The number of nitro groups is 1. The van der Waals surface area contributed by atoms with Crippen LogP contribution in [0, 0.1) is 17.0 Å². The lowest BCUT2D eigenvalue weighted by Crippen LogP contribution is -2.47. The maximum absolute atomic E-state index is 10.8. The lowest BCUT2D eigenvalue weighted by molar-refractivity contribution is -0.384. The number of hydrogen-bond donors (Lipinski definition) is 1. The Morgan fingerprint density at radius 3 is 2.65 bits per heavy atom. The molecular formula is C14H19ClN2O3. The number of halogens is 1. The fraction of sp³-hybridized carbons (Fsp3) is 0.571. The second-order valence-electron chi connectivity index (χ2n) is 5.54. The third kappa shape index (κ3) is 3.41. The maximum atomic E-state index is 10.8. The van der Waals surface area contributed by atoms with Gasteiger partial charge in [-0.15, -0.1) is 0 Å². The lowest BCUT2D eigenvalue weighted by atomic mass is 9.83. The summed E-state index contributed by atoms with van der Waals surface area (Å²) in [5, 5.41) is 10.9. The van der Waals surface area contributed by atoms with E-state index >= 15 is 0 Å². The molecule has 2 rings (SSSR count). The average Bonchev–Trinajstić information content (AvgIpc) is 2.40. The molecule has 1 aliphatic rings. The summed E-state index contributed by atoms with van der Waals surface area (Å²) in [6, 6.07) is 2.93. The Morgan fingerprint density at radius 1 is 1.40 bits per heavy atom. The van der Waals surface area contributed by atoms with Crippen molar-refractivity contribution < 1.29 is 9.66 Å². The number of nitro benzene ring substituents is 1. The van der Waals surface area contributed by atoms with Crippen molar-refractivity contribution >= 4 is 17.3 Å². The largest absolute Gasteiger partial charge is 0.491 e. The van der Waals surface area contributed by atoms with Crippen LogP contribution < -0.4 is 10.5 Å². The molecule has 110 valence electrons. The van der Waals surface area contributed by atoms with Gasteiger partial charge in [0.25, 0.3) is 5.69 Å². The van der Waals surface area contributed by atoms with Gasteiger partial charge >= 0.3 is 0 Å². The number of aryl methyl sites for hydroxylation is 1. The molecule has 2 N–H and O–H groups in total. The highest BCUT2D eigenvalue weighted by Gasteiger charge is 2.28. The van der Waals surface area contributed by atoms with Crippen molar-refractivity contribution in [1.82, 2.24) is 0 Å². The van der Waals surface area contributed by atoms with Crippen molar-refractivity contribution in [2.45, 2.75) is 44.6 Å². The highest BCUT2D eigenvalue weighted by Crippen LogP contribution is 2.33. The SMILES string of the molecule is Cc1cc([N+](=O)[O-])c(Cl)cc1OCC1(N)CCCCC1. The number of benzene rings is 1. The van der Waals surface area contributed by atoms with Gasteiger partial charge in [-0.3, -0.25) is 10.1 Å². The normalized spacial score (nSPS) is 17.8. The molecule has 1 saturated carbocycles. The summed E-state index contributed by atoms with van der Waals surface area (Å²) in [4.78, 5) is 10.3. The van der Waals surface area contributed by atoms with Gasteiger partial charge in [-0.25, -0.2) is 0 Å². The van der Waals surface area contributed by atoms with Crippen molar-refractivity contribution in [2.24, 2.45) is 5.73 Å². The average molecular weight is 299 g/mol. The van der Waals surface area contributed by atoms with Gasteiger partial charge in [0.1, 0.15) is 17.4 Å². The third-order valence-electron chi connectivity index (χ3n) is 3.81. The fourth-order valence-electron chi connectivity index (χ4n) is 2.57. The first-order chi connectivity index (χ1) is 9.41. The van der Waals surface area contributed by atoms with Crippen molar-refractivity contribution in [2.75, 3.05) is 6.61 Å². The molecule has 1 aromatic carbocycles. The first-order valence-corrected chi connectivity index (χ1v) is 7.15. The van der Waals surface area contributed by atoms with Crippen molar-refractivity contribution in [3.8, 4) is 5.75 Å². The fourth-order valence-corrected chi connectivity index (χ4v) is 2.79. The Kier molecular flexibility index (Phi) is 4.50. The third-order valence-corrected chi connectivity index (χ3v) is 4.11. The molecule has 20 heavy (non-hydrogen) atoms. The van der Waals surface area contributed by atoms with Crippen LogP contribution in [0.2, 0.25) is 5.02 Å². The number of hydrogen-bond acceptors (Lipinski definition) is 4. The van der Waals surface area contributed by atoms with Gasteiger partial charge in [-0.05, 0) is 25.3 Å². The molecule has 6 heteroatoms. The molecule has 0 unspecified atom stereocenters. The van der Waals surface area contributed by atoms with Crippen LogP contribution in [-0.4, -0.2) is 17.1 Å². The maximum Gasteiger partial charge on any atom is 0.288 e. The second-order valence-corrected chi connectivity index (χ2v) is 5.95. The summed E-state index contributed by atoms with van der Waals surface area (Å²) in [7, 11) is 0. The molecule has 1 aliphatic carbocycles. The predicted molar refractivity (Wildman–Crippen MR) is 78.3 cm³/mol. The van der Waals surface area contributed by atoms with Gasteiger partial charge in [0, 0.05) is 12.1 Å². The van der Waals surface area contributed by atoms with E-state index in [1.54, 1.807) is 6.92 Å². The Morgan fingerprint density at radius 2 is 2.05 bits per heavy atom. The van der Waals surface area contributed by atoms with E-state index in [0.717, 1.165) is 25.7 Å². The Labute approximate surface area is 123 Å². The minimum atomic E-state index is -0.495. The van der Waals surface area contributed by atoms with Crippen molar-refractivity contribution in [1.29, 1.82) is 0 Å². The quantitative estimate of drug-likeness (QED) is 0.680. The van der Waals surface area contributed by atoms with Gasteiger partial charge in [0.05, 0.1) is 10.5 Å². The minimum absolute atomic E-state index is 0.0883. The Hall–Kier alpha value is -1.33. The lowest BCUT2D eigenvalue weighted by Gasteiger charge is -2.33. The summed E-state index contributed by atoms with van der Waals surface area (Å²) in [5.41, 5.74) is 6.61. The van der Waals surface area contributed by atoms with Crippen LogP contribution in [0.1, 0.15) is 37.7 Å². The van der Waals surface area contributed by atoms with E-state index in [1.807, 2.05) is 0 Å². The molecular weight excluding hydrogens is 280 g/mol. The zero-order valence-electron chi connectivity index (χ0n) is 11.5. The molecule has 0 amide bonds. The summed E-state index contributed by atoms with van der Waals surface area (Å²) < 4.78 is 5.76. The number of nitrogens with zero attached hydrogens (tertiary/aromatic N) is 1. The number of rotatable bonds is 4. The molecule has 0 radical (unpaired) electrons. The van der Waals surface area contributed by atoms with E-state index in [-0.39, 0.29) is 16.2 Å². The molecule has 1 fully saturated rings. The highest BCUT2D eigenvalue weighted by molar-refractivity contribution is 6.32. The highest BCUT2D eigenvalue weighted by atomic mass is 35.5. The van der Waals surface area contributed by atoms with Crippen molar-refractivity contribution in [3.63, 3.8) is 0 Å². The molecule has 0 aromatic heterocycles. The first kappa shape index (κ1) is 15.1. The van der Waals surface area contributed by atoms with E-state index in [2.05, 4.69) is 0 Å². The van der Waals surface area contributed by atoms with Gasteiger partial charge in [0.15, 0.2) is 0 Å². The van der Waals surface area contributed by atoms with Gasteiger partial charge in [-0.1, -0.05) is 30.9 Å². The second kappa shape index (κ2) is 5.97. The molecule has 0 bridgehead atoms. The zero-order chi connectivity index (χ0) is 14.8. The van der Waals surface area contributed by atoms with Crippen LogP contribution in [-0.2, 0) is 0 Å². The van der Waals surface area contributed by atoms with Crippen LogP contribution in [0.15, 0.2) is 12.1 Å². The van der Waals surface area contributed by atoms with E-state index < -0.39 is 4.92 Å². The Bertz CT molecular complexity index is 513. The molecule has 0 heterocycles. The van der Waals surface area contributed by atoms with Crippen LogP contribution in [0.25, 0.3) is 0 Å². The molecule has 0 spiro atoms. The molecule has 0 atom stereocenters. The van der Waals surface area contributed by atoms with Gasteiger partial charge in [-0.2, -0.15) is 0 Å². The number of nitrogens with two attached hydrogens (primary N) is 1. The molecule has 0 saturated heterocycles. The molecule has 0 aliphatic heterocycles. The summed E-state index contributed by atoms with van der Waals surface area (Å²) in [6.45, 7) is 2.19. The molecule has 1 aromatic rings. The van der Waals surface area contributed by atoms with E-state index in [1.165, 1.54) is 18.6 Å².